The van der Waals surface area contributed by atoms with Gasteiger partial charge in [0.25, 0.3) is 0 Å². The summed E-state index contributed by atoms with van der Waals surface area (Å²) in [5, 5.41) is 2.96. The van der Waals surface area contributed by atoms with Gasteiger partial charge in [0.05, 0.1) is 17.5 Å². The molecular weight excluding hydrogens is 316 g/mol. The second kappa shape index (κ2) is 7.22. The Labute approximate surface area is 128 Å². The molecule has 0 bridgehead atoms. The molecule has 1 fully saturated rings. The van der Waals surface area contributed by atoms with E-state index in [2.05, 4.69) is 10.0 Å². The number of halogens is 1. The Balaban J connectivity index is 1.82. The standard InChI is InChI=1S/C13H17ClN2O4S/c14-10-3-1-5-12(7-10)21(18,19)16-9-13(17)15-8-11-4-2-6-20-11/h1,3,5,7,11,16H,2,4,6,8-9H2,(H,15,17). The second-order valence-electron chi connectivity index (χ2n) is 4.72. The minimum Gasteiger partial charge on any atom is -0.376 e. The highest BCUT2D eigenvalue weighted by atomic mass is 35.5. The van der Waals surface area contributed by atoms with Crippen molar-refractivity contribution in [1.29, 1.82) is 0 Å². The lowest BCUT2D eigenvalue weighted by molar-refractivity contribution is -0.120. The molecule has 2 N–H and O–H groups in total. The first-order chi connectivity index (χ1) is 9.97. The van der Waals surface area contributed by atoms with E-state index in [1.54, 1.807) is 6.07 Å². The lowest BCUT2D eigenvalue weighted by atomic mass is 10.2. The van der Waals surface area contributed by atoms with Crippen LogP contribution in [0, 0.1) is 0 Å². The van der Waals surface area contributed by atoms with E-state index >= 15 is 0 Å². The predicted molar refractivity (Wildman–Crippen MR) is 78.6 cm³/mol. The Hall–Kier alpha value is -1.15. The van der Waals surface area contributed by atoms with Gasteiger partial charge in [0.2, 0.25) is 15.9 Å². The molecule has 1 aromatic rings. The summed E-state index contributed by atoms with van der Waals surface area (Å²) < 4.78 is 31.6. The van der Waals surface area contributed by atoms with Crippen LogP contribution in [0.5, 0.6) is 0 Å². The molecule has 1 aliphatic rings. The van der Waals surface area contributed by atoms with Crippen LogP contribution in [0.4, 0.5) is 0 Å². The molecule has 8 heteroatoms. The van der Waals surface area contributed by atoms with Gasteiger partial charge in [-0.15, -0.1) is 0 Å². The van der Waals surface area contributed by atoms with E-state index in [0.29, 0.717) is 18.2 Å². The van der Waals surface area contributed by atoms with Gasteiger partial charge in [0.1, 0.15) is 0 Å². The normalized spacial score (nSPS) is 18.6. The molecule has 1 amide bonds. The summed E-state index contributed by atoms with van der Waals surface area (Å²) in [4.78, 5) is 11.7. The number of sulfonamides is 1. The molecule has 1 heterocycles. The van der Waals surface area contributed by atoms with Gasteiger partial charge in [0.15, 0.2) is 0 Å². The van der Waals surface area contributed by atoms with E-state index in [-0.39, 0.29) is 17.5 Å². The van der Waals surface area contributed by atoms with Crippen LogP contribution in [0.1, 0.15) is 12.8 Å². The van der Waals surface area contributed by atoms with Gasteiger partial charge in [-0.25, -0.2) is 13.1 Å². The number of hydrogen-bond donors (Lipinski definition) is 2. The number of ether oxygens (including phenoxy) is 1. The van der Waals surface area contributed by atoms with Gasteiger partial charge in [-0.2, -0.15) is 0 Å². The minimum absolute atomic E-state index is 0.0264. The summed E-state index contributed by atoms with van der Waals surface area (Å²) in [5.74, 6) is -0.392. The second-order valence-corrected chi connectivity index (χ2v) is 6.92. The average molecular weight is 333 g/mol. The van der Waals surface area contributed by atoms with Crippen LogP contribution in [0.25, 0.3) is 0 Å². The summed E-state index contributed by atoms with van der Waals surface area (Å²) >= 11 is 5.75. The summed E-state index contributed by atoms with van der Waals surface area (Å²) in [6, 6.07) is 5.86. The Morgan fingerprint density at radius 2 is 2.24 bits per heavy atom. The van der Waals surface area contributed by atoms with Crippen molar-refractivity contribution in [2.75, 3.05) is 19.7 Å². The number of hydrogen-bond acceptors (Lipinski definition) is 4. The van der Waals surface area contributed by atoms with Crippen LogP contribution in [0.3, 0.4) is 0 Å². The van der Waals surface area contributed by atoms with Gasteiger partial charge in [-0.3, -0.25) is 4.79 Å². The van der Waals surface area contributed by atoms with Crippen LogP contribution in [-0.4, -0.2) is 40.1 Å². The highest BCUT2D eigenvalue weighted by Crippen LogP contribution is 2.15. The van der Waals surface area contributed by atoms with Crippen molar-refractivity contribution in [1.82, 2.24) is 10.0 Å². The highest BCUT2D eigenvalue weighted by Gasteiger charge is 2.18. The monoisotopic (exact) mass is 332 g/mol. The topological polar surface area (TPSA) is 84.5 Å². The van der Waals surface area contributed by atoms with Gasteiger partial charge in [0, 0.05) is 18.2 Å². The number of benzene rings is 1. The maximum atomic E-state index is 12.0. The number of rotatable bonds is 6. The first-order valence-corrected chi connectivity index (χ1v) is 8.47. The fourth-order valence-corrected chi connectivity index (χ4v) is 3.26. The molecule has 2 rings (SSSR count). The third kappa shape index (κ3) is 4.96. The first kappa shape index (κ1) is 16.2. The highest BCUT2D eigenvalue weighted by molar-refractivity contribution is 7.89. The van der Waals surface area contributed by atoms with Crippen molar-refractivity contribution < 1.29 is 17.9 Å². The molecule has 21 heavy (non-hydrogen) atoms. The third-order valence-corrected chi connectivity index (χ3v) is 4.71. The van der Waals surface area contributed by atoms with Gasteiger partial charge in [-0.05, 0) is 31.0 Å². The molecule has 1 saturated heterocycles. The van der Waals surface area contributed by atoms with Crippen LogP contribution < -0.4 is 10.0 Å². The molecule has 0 radical (unpaired) electrons. The molecule has 1 aromatic carbocycles. The predicted octanol–water partition coefficient (Wildman–Crippen LogP) is 0.913. The van der Waals surface area contributed by atoms with Crippen molar-refractivity contribution >= 4 is 27.5 Å². The molecule has 6 nitrogen and oxygen atoms in total. The van der Waals surface area contributed by atoms with Crippen LogP contribution in [-0.2, 0) is 19.6 Å². The zero-order valence-electron chi connectivity index (χ0n) is 11.3. The molecule has 1 unspecified atom stereocenters. The molecule has 1 atom stereocenters. The molecule has 0 aromatic heterocycles. The zero-order valence-corrected chi connectivity index (χ0v) is 12.9. The van der Waals surface area contributed by atoms with E-state index in [1.807, 2.05) is 0 Å². The first-order valence-electron chi connectivity index (χ1n) is 6.61. The Kier molecular flexibility index (Phi) is 5.58. The van der Waals surface area contributed by atoms with Crippen molar-refractivity contribution in [3.63, 3.8) is 0 Å². The Morgan fingerprint density at radius 3 is 2.90 bits per heavy atom. The van der Waals surface area contributed by atoms with Crippen molar-refractivity contribution in [2.45, 2.75) is 23.8 Å². The van der Waals surface area contributed by atoms with E-state index in [0.717, 1.165) is 12.8 Å². The fourth-order valence-electron chi connectivity index (χ4n) is 1.97. The van der Waals surface area contributed by atoms with Crippen LogP contribution in [0.15, 0.2) is 29.2 Å². The minimum atomic E-state index is -3.74. The molecule has 0 saturated carbocycles. The van der Waals surface area contributed by atoms with E-state index in [4.69, 9.17) is 16.3 Å². The molecule has 1 aliphatic heterocycles. The molecule has 0 spiro atoms. The van der Waals surface area contributed by atoms with Crippen LogP contribution in [0.2, 0.25) is 5.02 Å². The average Bonchev–Trinajstić information content (AvgIpc) is 2.96. The summed E-state index contributed by atoms with van der Waals surface area (Å²) in [6.07, 6.45) is 1.93. The molecule has 0 aliphatic carbocycles. The quantitative estimate of drug-likeness (QED) is 0.811. The lowest BCUT2D eigenvalue weighted by Crippen LogP contribution is -2.39. The summed E-state index contributed by atoms with van der Waals surface area (Å²) in [7, 11) is -3.74. The smallest absolute Gasteiger partial charge is 0.241 e. The Morgan fingerprint density at radius 1 is 1.43 bits per heavy atom. The number of carbonyl (C=O) groups excluding carboxylic acids is 1. The van der Waals surface area contributed by atoms with E-state index in [9.17, 15) is 13.2 Å². The third-order valence-electron chi connectivity index (χ3n) is 3.08. The largest absolute Gasteiger partial charge is 0.376 e. The van der Waals surface area contributed by atoms with Gasteiger partial charge < -0.3 is 10.1 Å². The van der Waals surface area contributed by atoms with E-state index in [1.165, 1.54) is 18.2 Å². The maximum absolute atomic E-state index is 12.0. The zero-order chi connectivity index (χ0) is 15.3. The van der Waals surface area contributed by atoms with E-state index < -0.39 is 15.9 Å². The lowest BCUT2D eigenvalue weighted by Gasteiger charge is -2.11. The van der Waals surface area contributed by atoms with Crippen LogP contribution >= 0.6 is 11.6 Å². The maximum Gasteiger partial charge on any atom is 0.241 e. The van der Waals surface area contributed by atoms with Crippen molar-refractivity contribution in [3.05, 3.63) is 29.3 Å². The van der Waals surface area contributed by atoms with Gasteiger partial charge >= 0.3 is 0 Å². The number of nitrogens with one attached hydrogen (secondary N) is 2. The van der Waals surface area contributed by atoms with Crippen molar-refractivity contribution in [3.8, 4) is 0 Å². The van der Waals surface area contributed by atoms with Crippen molar-refractivity contribution in [2.24, 2.45) is 0 Å². The molecular formula is C13H17ClN2O4S. The fraction of sp³-hybridized carbons (Fsp3) is 0.462. The van der Waals surface area contributed by atoms with Gasteiger partial charge in [-0.1, -0.05) is 17.7 Å². The Bertz CT molecular complexity index is 600. The number of amides is 1. The summed E-state index contributed by atoms with van der Waals surface area (Å²) in [6.45, 7) is 0.793. The summed E-state index contributed by atoms with van der Waals surface area (Å²) in [5.41, 5.74) is 0. The SMILES string of the molecule is O=C(CNS(=O)(=O)c1cccc(Cl)c1)NCC1CCCO1. The number of carbonyl (C=O) groups is 1. The molecule has 116 valence electrons.